The fourth-order valence-corrected chi connectivity index (χ4v) is 1.89. The standard InChI is InChI=1S/C12H21NO4/c1-12(2,10(14)15)13-11(16)17-8-9-6-4-3-5-7-9/h9H,3-8H2,1-2H3,(H,13,16)(H,14,15). The summed E-state index contributed by atoms with van der Waals surface area (Å²) in [6, 6.07) is 0. The first kappa shape index (κ1) is 13.8. The number of amides is 1. The van der Waals surface area contributed by atoms with Crippen LogP contribution in [0, 0.1) is 5.92 Å². The van der Waals surface area contributed by atoms with Crippen molar-refractivity contribution in [3.63, 3.8) is 0 Å². The van der Waals surface area contributed by atoms with Gasteiger partial charge in [0.1, 0.15) is 5.54 Å². The Morgan fingerprint density at radius 1 is 1.29 bits per heavy atom. The summed E-state index contributed by atoms with van der Waals surface area (Å²) in [5.41, 5.74) is -1.29. The molecule has 1 aliphatic carbocycles. The number of aliphatic carboxylic acids is 1. The van der Waals surface area contributed by atoms with Gasteiger partial charge in [0, 0.05) is 0 Å². The third-order valence-electron chi connectivity index (χ3n) is 3.12. The van der Waals surface area contributed by atoms with Gasteiger partial charge in [-0.3, -0.25) is 0 Å². The second-order valence-corrected chi connectivity index (χ2v) is 5.16. The molecule has 0 saturated heterocycles. The van der Waals surface area contributed by atoms with Gasteiger partial charge >= 0.3 is 12.1 Å². The summed E-state index contributed by atoms with van der Waals surface area (Å²) in [5, 5.41) is 11.2. The van der Waals surface area contributed by atoms with Crippen molar-refractivity contribution >= 4 is 12.1 Å². The van der Waals surface area contributed by atoms with E-state index in [0.29, 0.717) is 12.5 Å². The van der Waals surface area contributed by atoms with Crippen molar-refractivity contribution in [3.8, 4) is 0 Å². The first-order chi connectivity index (χ1) is 7.92. The van der Waals surface area contributed by atoms with Gasteiger partial charge in [-0.25, -0.2) is 9.59 Å². The minimum atomic E-state index is -1.29. The summed E-state index contributed by atoms with van der Waals surface area (Å²) in [6.45, 7) is 3.25. The molecular weight excluding hydrogens is 222 g/mol. The first-order valence-electron chi connectivity index (χ1n) is 6.10. The van der Waals surface area contributed by atoms with Gasteiger partial charge in [-0.15, -0.1) is 0 Å². The molecule has 98 valence electrons. The predicted molar refractivity (Wildman–Crippen MR) is 62.8 cm³/mol. The Balaban J connectivity index is 2.27. The SMILES string of the molecule is CC(C)(NC(=O)OCC1CCCCC1)C(=O)O. The summed E-state index contributed by atoms with van der Waals surface area (Å²) >= 11 is 0. The number of alkyl carbamates (subject to hydrolysis) is 1. The molecule has 5 nitrogen and oxygen atoms in total. The fraction of sp³-hybridized carbons (Fsp3) is 0.833. The van der Waals surface area contributed by atoms with E-state index in [1.165, 1.54) is 33.1 Å². The van der Waals surface area contributed by atoms with Crippen LogP contribution in [0.1, 0.15) is 46.0 Å². The fourth-order valence-electron chi connectivity index (χ4n) is 1.89. The van der Waals surface area contributed by atoms with Crippen molar-refractivity contribution in [2.24, 2.45) is 5.92 Å². The highest BCUT2D eigenvalue weighted by atomic mass is 16.5. The van der Waals surface area contributed by atoms with Gasteiger partial charge in [-0.05, 0) is 32.6 Å². The van der Waals surface area contributed by atoms with Gasteiger partial charge in [0.25, 0.3) is 0 Å². The second-order valence-electron chi connectivity index (χ2n) is 5.16. The highest BCUT2D eigenvalue weighted by Gasteiger charge is 2.29. The van der Waals surface area contributed by atoms with E-state index in [9.17, 15) is 9.59 Å². The van der Waals surface area contributed by atoms with Crippen molar-refractivity contribution in [1.82, 2.24) is 5.32 Å². The molecule has 0 aliphatic heterocycles. The lowest BCUT2D eigenvalue weighted by Crippen LogP contribution is -2.50. The minimum Gasteiger partial charge on any atom is -0.480 e. The molecule has 0 heterocycles. The van der Waals surface area contributed by atoms with E-state index in [4.69, 9.17) is 9.84 Å². The molecule has 0 aromatic carbocycles. The van der Waals surface area contributed by atoms with E-state index in [1.54, 1.807) is 0 Å². The number of rotatable bonds is 4. The molecule has 0 spiro atoms. The quantitative estimate of drug-likeness (QED) is 0.793. The highest BCUT2D eigenvalue weighted by molar-refractivity contribution is 5.83. The van der Waals surface area contributed by atoms with E-state index >= 15 is 0 Å². The lowest BCUT2D eigenvalue weighted by Gasteiger charge is -2.23. The molecule has 2 N–H and O–H groups in total. The van der Waals surface area contributed by atoms with E-state index < -0.39 is 17.6 Å². The Bertz CT molecular complexity index is 282. The van der Waals surface area contributed by atoms with Crippen molar-refractivity contribution < 1.29 is 19.4 Å². The number of nitrogens with one attached hydrogen (secondary N) is 1. The van der Waals surface area contributed by atoms with E-state index in [-0.39, 0.29) is 0 Å². The van der Waals surface area contributed by atoms with Gasteiger partial charge in [0.15, 0.2) is 0 Å². The van der Waals surface area contributed by atoms with Crippen LogP contribution in [0.3, 0.4) is 0 Å². The topological polar surface area (TPSA) is 75.6 Å². The lowest BCUT2D eigenvalue weighted by molar-refractivity contribution is -0.143. The summed E-state index contributed by atoms with van der Waals surface area (Å²) in [7, 11) is 0. The van der Waals surface area contributed by atoms with E-state index in [2.05, 4.69) is 5.32 Å². The van der Waals surface area contributed by atoms with Crippen LogP contribution >= 0.6 is 0 Å². The maximum absolute atomic E-state index is 11.4. The van der Waals surface area contributed by atoms with Crippen LogP contribution in [0.4, 0.5) is 4.79 Å². The van der Waals surface area contributed by atoms with Crippen molar-refractivity contribution in [2.75, 3.05) is 6.61 Å². The summed E-state index contributed by atoms with van der Waals surface area (Å²) < 4.78 is 5.05. The Morgan fingerprint density at radius 3 is 2.41 bits per heavy atom. The molecule has 0 atom stereocenters. The van der Waals surface area contributed by atoms with Crippen molar-refractivity contribution in [1.29, 1.82) is 0 Å². The van der Waals surface area contributed by atoms with E-state index in [0.717, 1.165) is 12.8 Å². The number of carboxylic acid groups (broad SMARTS) is 1. The molecule has 5 heteroatoms. The largest absolute Gasteiger partial charge is 0.480 e. The summed E-state index contributed by atoms with van der Waals surface area (Å²) in [6.07, 6.45) is 5.18. The molecule has 0 aromatic heterocycles. The monoisotopic (exact) mass is 243 g/mol. The zero-order valence-corrected chi connectivity index (χ0v) is 10.5. The highest BCUT2D eigenvalue weighted by Crippen LogP contribution is 2.23. The van der Waals surface area contributed by atoms with E-state index in [1.807, 2.05) is 0 Å². The van der Waals surface area contributed by atoms with Crippen LogP contribution < -0.4 is 5.32 Å². The Hall–Kier alpha value is -1.26. The van der Waals surface area contributed by atoms with Crippen LogP contribution in [-0.4, -0.2) is 29.3 Å². The molecule has 1 amide bonds. The summed E-state index contributed by atoms with van der Waals surface area (Å²) in [4.78, 5) is 22.2. The Morgan fingerprint density at radius 2 is 1.88 bits per heavy atom. The molecule has 1 fully saturated rings. The van der Waals surface area contributed by atoms with Gasteiger partial charge in [0.2, 0.25) is 0 Å². The predicted octanol–water partition coefficient (Wildman–Crippen LogP) is 2.16. The number of ether oxygens (including phenoxy) is 1. The molecule has 1 saturated carbocycles. The molecule has 0 bridgehead atoms. The Labute approximate surface area is 102 Å². The van der Waals surface area contributed by atoms with Gasteiger partial charge in [0.05, 0.1) is 6.61 Å². The van der Waals surface area contributed by atoms with Crippen LogP contribution in [-0.2, 0) is 9.53 Å². The zero-order valence-electron chi connectivity index (χ0n) is 10.5. The maximum atomic E-state index is 11.4. The van der Waals surface area contributed by atoms with Crippen LogP contribution in [0.2, 0.25) is 0 Å². The van der Waals surface area contributed by atoms with Crippen LogP contribution in [0.25, 0.3) is 0 Å². The van der Waals surface area contributed by atoms with Gasteiger partial charge in [-0.2, -0.15) is 0 Å². The van der Waals surface area contributed by atoms with Crippen LogP contribution in [0.15, 0.2) is 0 Å². The Kier molecular flexibility index (Phi) is 4.78. The number of hydrogen-bond donors (Lipinski definition) is 2. The smallest absolute Gasteiger partial charge is 0.408 e. The molecule has 1 aliphatic rings. The van der Waals surface area contributed by atoms with Crippen molar-refractivity contribution in [3.05, 3.63) is 0 Å². The third kappa shape index (κ3) is 4.63. The second kappa shape index (κ2) is 5.89. The molecule has 0 radical (unpaired) electrons. The number of carbonyl (C=O) groups excluding carboxylic acids is 1. The average Bonchev–Trinajstić information content (AvgIpc) is 2.27. The van der Waals surface area contributed by atoms with Crippen molar-refractivity contribution in [2.45, 2.75) is 51.5 Å². The molecule has 17 heavy (non-hydrogen) atoms. The summed E-state index contributed by atoms with van der Waals surface area (Å²) in [5.74, 6) is -0.644. The zero-order chi connectivity index (χ0) is 12.9. The maximum Gasteiger partial charge on any atom is 0.408 e. The molecular formula is C12H21NO4. The van der Waals surface area contributed by atoms with Crippen LogP contribution in [0.5, 0.6) is 0 Å². The lowest BCUT2D eigenvalue weighted by atomic mass is 9.90. The number of carboxylic acids is 1. The third-order valence-corrected chi connectivity index (χ3v) is 3.12. The normalized spacial score (nSPS) is 17.5. The van der Waals surface area contributed by atoms with Gasteiger partial charge in [-0.1, -0.05) is 19.3 Å². The number of carbonyl (C=O) groups is 2. The first-order valence-corrected chi connectivity index (χ1v) is 6.10. The molecule has 0 aromatic rings. The average molecular weight is 243 g/mol. The molecule has 0 unspecified atom stereocenters. The van der Waals surface area contributed by atoms with Gasteiger partial charge < -0.3 is 15.2 Å². The number of hydrogen-bond acceptors (Lipinski definition) is 3. The minimum absolute atomic E-state index is 0.390. The molecule has 1 rings (SSSR count).